The van der Waals surface area contributed by atoms with Crippen molar-refractivity contribution in [2.75, 3.05) is 6.61 Å². The second-order valence-electron chi connectivity index (χ2n) is 7.21. The number of rotatable bonds is 5. The SMILES string of the molecule is O=C1OCC(CCCCC2CCCCCCCCCCC2)O1. The molecule has 2 fully saturated rings. The van der Waals surface area contributed by atoms with E-state index in [0.717, 1.165) is 18.8 Å². The quantitative estimate of drug-likeness (QED) is 0.461. The Labute approximate surface area is 136 Å². The Kier molecular flexibility index (Phi) is 8.74. The van der Waals surface area contributed by atoms with Crippen molar-refractivity contribution in [3.05, 3.63) is 0 Å². The lowest BCUT2D eigenvalue weighted by Gasteiger charge is -2.18. The molecule has 1 saturated heterocycles. The molecule has 2 rings (SSSR count). The third kappa shape index (κ3) is 7.51. The standard InChI is InChI=1S/C19H34O3/c20-19-21-16-18(22-19)15-11-10-14-17-12-8-6-4-2-1-3-5-7-9-13-17/h17-18H,1-16H2. The van der Waals surface area contributed by atoms with E-state index < -0.39 is 6.16 Å². The van der Waals surface area contributed by atoms with Gasteiger partial charge in [0.25, 0.3) is 0 Å². The van der Waals surface area contributed by atoms with Crippen LogP contribution in [-0.2, 0) is 9.47 Å². The molecule has 0 radical (unpaired) electrons. The molecule has 0 bridgehead atoms. The summed E-state index contributed by atoms with van der Waals surface area (Å²) in [6.07, 6.45) is 20.2. The zero-order valence-corrected chi connectivity index (χ0v) is 14.2. The van der Waals surface area contributed by atoms with Gasteiger partial charge < -0.3 is 9.47 Å². The van der Waals surface area contributed by atoms with Crippen LogP contribution in [0.3, 0.4) is 0 Å². The summed E-state index contributed by atoms with van der Waals surface area (Å²) >= 11 is 0. The first-order chi connectivity index (χ1) is 10.8. The van der Waals surface area contributed by atoms with Gasteiger partial charge in [0.2, 0.25) is 0 Å². The van der Waals surface area contributed by atoms with Gasteiger partial charge in [-0.2, -0.15) is 0 Å². The number of ether oxygens (including phenoxy) is 2. The summed E-state index contributed by atoms with van der Waals surface area (Å²) in [7, 11) is 0. The summed E-state index contributed by atoms with van der Waals surface area (Å²) in [5.74, 6) is 0.932. The van der Waals surface area contributed by atoms with Crippen molar-refractivity contribution in [2.24, 2.45) is 5.92 Å². The summed E-state index contributed by atoms with van der Waals surface area (Å²) in [4.78, 5) is 10.9. The summed E-state index contributed by atoms with van der Waals surface area (Å²) in [6, 6.07) is 0. The lowest BCUT2D eigenvalue weighted by Crippen LogP contribution is -2.09. The normalized spacial score (nSPS) is 25.8. The van der Waals surface area contributed by atoms with Gasteiger partial charge in [-0.15, -0.1) is 0 Å². The summed E-state index contributed by atoms with van der Waals surface area (Å²) in [5, 5.41) is 0. The lowest BCUT2D eigenvalue weighted by molar-refractivity contribution is 0.115. The fourth-order valence-corrected chi connectivity index (χ4v) is 3.85. The third-order valence-corrected chi connectivity index (χ3v) is 5.26. The topological polar surface area (TPSA) is 35.5 Å². The number of carbonyl (C=O) groups is 1. The van der Waals surface area contributed by atoms with E-state index in [0.29, 0.717) is 6.61 Å². The molecule has 0 N–H and O–H groups in total. The minimum atomic E-state index is -0.482. The molecule has 22 heavy (non-hydrogen) atoms. The van der Waals surface area contributed by atoms with Crippen LogP contribution in [0.5, 0.6) is 0 Å². The summed E-state index contributed by atoms with van der Waals surface area (Å²) < 4.78 is 9.91. The number of hydrogen-bond donors (Lipinski definition) is 0. The van der Waals surface area contributed by atoms with E-state index in [9.17, 15) is 4.79 Å². The number of carbonyl (C=O) groups excluding carboxylic acids is 1. The fraction of sp³-hybridized carbons (Fsp3) is 0.947. The van der Waals surface area contributed by atoms with E-state index in [1.165, 1.54) is 83.5 Å². The molecule has 3 nitrogen and oxygen atoms in total. The Morgan fingerprint density at radius 3 is 1.86 bits per heavy atom. The van der Waals surface area contributed by atoms with E-state index in [1.54, 1.807) is 0 Å². The molecule has 1 saturated carbocycles. The van der Waals surface area contributed by atoms with Crippen LogP contribution in [-0.4, -0.2) is 18.9 Å². The maximum Gasteiger partial charge on any atom is 0.508 e. The van der Waals surface area contributed by atoms with Crippen molar-refractivity contribution < 1.29 is 14.3 Å². The Hall–Kier alpha value is -0.730. The van der Waals surface area contributed by atoms with E-state index in [4.69, 9.17) is 9.47 Å². The molecule has 1 atom stereocenters. The van der Waals surface area contributed by atoms with Gasteiger partial charge in [0, 0.05) is 0 Å². The predicted molar refractivity (Wildman–Crippen MR) is 89.0 cm³/mol. The molecule has 2 aliphatic rings. The van der Waals surface area contributed by atoms with Crippen molar-refractivity contribution >= 4 is 6.16 Å². The van der Waals surface area contributed by atoms with Crippen molar-refractivity contribution in [1.29, 1.82) is 0 Å². The largest absolute Gasteiger partial charge is 0.508 e. The van der Waals surface area contributed by atoms with Crippen LogP contribution in [0.4, 0.5) is 4.79 Å². The molecule has 1 aliphatic carbocycles. The van der Waals surface area contributed by atoms with Crippen LogP contribution >= 0.6 is 0 Å². The number of hydrogen-bond acceptors (Lipinski definition) is 3. The van der Waals surface area contributed by atoms with Gasteiger partial charge in [0.05, 0.1) is 0 Å². The molecule has 0 spiro atoms. The molecule has 0 amide bonds. The molecular formula is C19H34O3. The monoisotopic (exact) mass is 310 g/mol. The molecule has 1 aliphatic heterocycles. The zero-order chi connectivity index (χ0) is 15.5. The highest BCUT2D eigenvalue weighted by Gasteiger charge is 2.24. The highest BCUT2D eigenvalue weighted by molar-refractivity contribution is 5.61. The second-order valence-corrected chi connectivity index (χ2v) is 7.21. The van der Waals surface area contributed by atoms with Crippen LogP contribution in [0.25, 0.3) is 0 Å². The first-order valence-corrected chi connectivity index (χ1v) is 9.68. The number of unbranched alkanes of at least 4 members (excludes halogenated alkanes) is 1. The lowest BCUT2D eigenvalue weighted by atomic mass is 9.89. The Morgan fingerprint density at radius 1 is 0.773 bits per heavy atom. The molecular weight excluding hydrogens is 276 g/mol. The molecule has 1 heterocycles. The van der Waals surface area contributed by atoms with Gasteiger partial charge in [-0.1, -0.05) is 83.5 Å². The van der Waals surface area contributed by atoms with E-state index in [1.807, 2.05) is 0 Å². The van der Waals surface area contributed by atoms with Gasteiger partial charge in [-0.3, -0.25) is 0 Å². The predicted octanol–water partition coefficient (Wildman–Crippen LogP) is 6.00. The van der Waals surface area contributed by atoms with E-state index in [-0.39, 0.29) is 6.10 Å². The average molecular weight is 310 g/mol. The maximum atomic E-state index is 10.9. The molecule has 0 aromatic rings. The highest BCUT2D eigenvalue weighted by Crippen LogP contribution is 2.26. The van der Waals surface area contributed by atoms with Gasteiger partial charge in [0.15, 0.2) is 0 Å². The van der Waals surface area contributed by atoms with Gasteiger partial charge in [-0.25, -0.2) is 4.79 Å². The fourth-order valence-electron chi connectivity index (χ4n) is 3.85. The minimum Gasteiger partial charge on any atom is -0.430 e. The van der Waals surface area contributed by atoms with Crippen LogP contribution in [0, 0.1) is 5.92 Å². The van der Waals surface area contributed by atoms with Crippen molar-refractivity contribution in [3.8, 4) is 0 Å². The second kappa shape index (κ2) is 10.9. The first-order valence-electron chi connectivity index (χ1n) is 9.68. The van der Waals surface area contributed by atoms with Gasteiger partial charge in [-0.05, 0) is 18.8 Å². The average Bonchev–Trinajstić information content (AvgIpc) is 2.91. The minimum absolute atomic E-state index is 0.0174. The molecule has 0 aromatic heterocycles. The van der Waals surface area contributed by atoms with Crippen molar-refractivity contribution in [1.82, 2.24) is 0 Å². The summed E-state index contributed by atoms with van der Waals surface area (Å²) in [6.45, 7) is 0.461. The van der Waals surface area contributed by atoms with Gasteiger partial charge >= 0.3 is 6.16 Å². The van der Waals surface area contributed by atoms with Crippen LogP contribution in [0.15, 0.2) is 0 Å². The van der Waals surface area contributed by atoms with Gasteiger partial charge in [0.1, 0.15) is 12.7 Å². The van der Waals surface area contributed by atoms with E-state index in [2.05, 4.69) is 0 Å². The molecule has 0 aromatic carbocycles. The first kappa shape index (κ1) is 17.6. The van der Waals surface area contributed by atoms with Crippen molar-refractivity contribution in [2.45, 2.75) is 102 Å². The smallest absolute Gasteiger partial charge is 0.430 e. The summed E-state index contributed by atoms with van der Waals surface area (Å²) in [5.41, 5.74) is 0. The molecule has 128 valence electrons. The van der Waals surface area contributed by atoms with Crippen LogP contribution < -0.4 is 0 Å². The maximum absolute atomic E-state index is 10.9. The highest BCUT2D eigenvalue weighted by atomic mass is 16.8. The third-order valence-electron chi connectivity index (χ3n) is 5.26. The van der Waals surface area contributed by atoms with Crippen LogP contribution in [0.1, 0.15) is 96.3 Å². The molecule has 1 unspecified atom stereocenters. The Balaban J connectivity index is 1.57. The van der Waals surface area contributed by atoms with Crippen LogP contribution in [0.2, 0.25) is 0 Å². The van der Waals surface area contributed by atoms with E-state index >= 15 is 0 Å². The zero-order valence-electron chi connectivity index (χ0n) is 14.2. The Morgan fingerprint density at radius 2 is 1.32 bits per heavy atom. The molecule has 3 heteroatoms. The van der Waals surface area contributed by atoms with Crippen molar-refractivity contribution in [3.63, 3.8) is 0 Å². The number of cyclic esters (lactones) is 2. The Bertz CT molecular complexity index is 291.